The van der Waals surface area contributed by atoms with E-state index in [-0.39, 0.29) is 5.56 Å². The van der Waals surface area contributed by atoms with Gasteiger partial charge in [-0.1, -0.05) is 6.07 Å². The van der Waals surface area contributed by atoms with Gasteiger partial charge in [0, 0.05) is 25.8 Å². The van der Waals surface area contributed by atoms with E-state index in [4.69, 9.17) is 0 Å². The maximum atomic E-state index is 13.2. The molecule has 7 nitrogen and oxygen atoms in total. The molecule has 1 fully saturated rings. The summed E-state index contributed by atoms with van der Waals surface area (Å²) >= 11 is 0. The number of pyridine rings is 3. The van der Waals surface area contributed by atoms with Gasteiger partial charge in [-0.3, -0.25) is 19.1 Å². The van der Waals surface area contributed by atoms with Crippen LogP contribution in [0.5, 0.6) is 0 Å². The molecule has 0 amide bonds. The minimum absolute atomic E-state index is 0.271. The number of fused-ring (bicyclic) bond motifs is 1. The minimum Gasteiger partial charge on any atom is -0.477 e. The molecule has 3 aromatic heterocycles. The molecule has 4 rings (SSSR count). The summed E-state index contributed by atoms with van der Waals surface area (Å²) in [7, 11) is 0. The molecule has 1 aliphatic heterocycles. The molecule has 0 spiro atoms. The van der Waals surface area contributed by atoms with Crippen LogP contribution >= 0.6 is 0 Å². The number of hydrogen-bond acceptors (Lipinski definition) is 5. The molecule has 0 aliphatic carbocycles. The van der Waals surface area contributed by atoms with Crippen LogP contribution in [0.1, 0.15) is 34.5 Å². The molecule has 1 saturated heterocycles. The van der Waals surface area contributed by atoms with Crippen molar-refractivity contribution in [2.75, 3.05) is 13.1 Å². The van der Waals surface area contributed by atoms with Gasteiger partial charge in [0.15, 0.2) is 0 Å². The standard InChI is InChI=1S/C22H19FN4O3/c23-16-4-5-19(25-12-16)22(14-24)6-9-26(10-7-22)13-15-11-17(21(29)30)20(28)27-8-2-1-3-18(15)27/h1-5,8,11-12H,6-7,9-10,13H2,(H,29,30). The van der Waals surface area contributed by atoms with Crippen LogP contribution in [0.25, 0.3) is 5.52 Å². The SMILES string of the molecule is N#CC1(c2ccc(F)cn2)CCN(Cc2cc(C(=O)O)c(=O)n3ccccc23)CC1. The first-order valence-electron chi connectivity index (χ1n) is 9.56. The number of likely N-dealkylation sites (tertiary alicyclic amines) is 1. The fraction of sp³-hybridized carbons (Fsp3) is 0.273. The average Bonchev–Trinajstić information content (AvgIpc) is 2.77. The smallest absolute Gasteiger partial charge is 0.341 e. The van der Waals surface area contributed by atoms with E-state index in [1.165, 1.54) is 16.5 Å². The highest BCUT2D eigenvalue weighted by Gasteiger charge is 2.38. The second-order valence-electron chi connectivity index (χ2n) is 7.48. The van der Waals surface area contributed by atoms with Crippen molar-refractivity contribution in [2.45, 2.75) is 24.8 Å². The summed E-state index contributed by atoms with van der Waals surface area (Å²) in [5, 5.41) is 19.2. The lowest BCUT2D eigenvalue weighted by atomic mass is 9.76. The number of carboxylic acids is 1. The fourth-order valence-electron chi connectivity index (χ4n) is 4.02. The highest BCUT2D eigenvalue weighted by atomic mass is 19.1. The van der Waals surface area contributed by atoms with Crippen molar-refractivity contribution in [1.82, 2.24) is 14.3 Å². The van der Waals surface area contributed by atoms with Crippen LogP contribution in [0.2, 0.25) is 0 Å². The van der Waals surface area contributed by atoms with Crippen molar-refractivity contribution in [2.24, 2.45) is 0 Å². The van der Waals surface area contributed by atoms with Gasteiger partial charge in [0.05, 0.1) is 23.5 Å². The van der Waals surface area contributed by atoms with Crippen LogP contribution in [-0.2, 0) is 12.0 Å². The quantitative estimate of drug-likeness (QED) is 0.715. The Morgan fingerprint density at radius 1 is 1.27 bits per heavy atom. The van der Waals surface area contributed by atoms with Gasteiger partial charge in [-0.2, -0.15) is 5.26 Å². The maximum Gasteiger partial charge on any atom is 0.341 e. The number of hydrogen-bond donors (Lipinski definition) is 1. The number of piperidine rings is 1. The number of carboxylic acid groups (broad SMARTS) is 1. The van der Waals surface area contributed by atoms with Crippen LogP contribution in [0.15, 0.2) is 53.6 Å². The Labute approximate surface area is 171 Å². The Morgan fingerprint density at radius 2 is 2.03 bits per heavy atom. The topological polar surface area (TPSA) is 98.7 Å². The Kier molecular flexibility index (Phi) is 5.06. The lowest BCUT2D eigenvalue weighted by Crippen LogP contribution is -2.42. The highest BCUT2D eigenvalue weighted by Crippen LogP contribution is 2.34. The number of rotatable bonds is 4. The first kappa shape index (κ1) is 19.7. The molecule has 0 saturated carbocycles. The van der Waals surface area contributed by atoms with Gasteiger partial charge in [-0.25, -0.2) is 9.18 Å². The summed E-state index contributed by atoms with van der Waals surface area (Å²) in [6.07, 6.45) is 3.74. The van der Waals surface area contributed by atoms with Crippen LogP contribution < -0.4 is 5.56 Å². The van der Waals surface area contributed by atoms with Gasteiger partial charge in [0.1, 0.15) is 16.8 Å². The molecule has 0 atom stereocenters. The third-order valence-corrected chi connectivity index (χ3v) is 5.72. The molecular weight excluding hydrogens is 387 g/mol. The molecule has 0 radical (unpaired) electrons. The molecule has 1 aliphatic rings. The number of carbonyl (C=O) groups is 1. The Balaban J connectivity index is 1.60. The van der Waals surface area contributed by atoms with Crippen molar-refractivity contribution in [3.63, 3.8) is 0 Å². The highest BCUT2D eigenvalue weighted by molar-refractivity contribution is 5.88. The lowest BCUT2D eigenvalue weighted by molar-refractivity contribution is 0.0694. The first-order valence-corrected chi connectivity index (χ1v) is 9.56. The molecule has 0 unspecified atom stereocenters. The van der Waals surface area contributed by atoms with E-state index in [2.05, 4.69) is 16.0 Å². The number of nitriles is 1. The molecule has 3 aromatic rings. The van der Waals surface area contributed by atoms with Crippen molar-refractivity contribution >= 4 is 11.5 Å². The zero-order chi connectivity index (χ0) is 21.3. The second kappa shape index (κ2) is 7.69. The number of aromatic carboxylic acids is 1. The van der Waals surface area contributed by atoms with Crippen molar-refractivity contribution < 1.29 is 14.3 Å². The zero-order valence-electron chi connectivity index (χ0n) is 16.1. The van der Waals surface area contributed by atoms with E-state index < -0.39 is 22.8 Å². The van der Waals surface area contributed by atoms with Crippen LogP contribution in [0.4, 0.5) is 4.39 Å². The molecule has 8 heteroatoms. The Morgan fingerprint density at radius 3 is 2.67 bits per heavy atom. The number of aromatic nitrogens is 2. The normalized spacial score (nSPS) is 16.3. The minimum atomic E-state index is -1.26. The summed E-state index contributed by atoms with van der Waals surface area (Å²) in [6, 6.07) is 11.9. The summed E-state index contributed by atoms with van der Waals surface area (Å²) < 4.78 is 14.6. The predicted molar refractivity (Wildman–Crippen MR) is 107 cm³/mol. The molecule has 0 aromatic carbocycles. The Hall–Kier alpha value is -3.57. The Bertz CT molecular complexity index is 1210. The van der Waals surface area contributed by atoms with Crippen molar-refractivity contribution in [3.8, 4) is 6.07 Å². The van der Waals surface area contributed by atoms with Crippen LogP contribution in [0, 0.1) is 17.1 Å². The summed E-state index contributed by atoms with van der Waals surface area (Å²) in [4.78, 5) is 30.2. The molecule has 152 valence electrons. The van der Waals surface area contributed by atoms with Gasteiger partial charge in [-0.05, 0) is 48.7 Å². The zero-order valence-corrected chi connectivity index (χ0v) is 16.1. The van der Waals surface area contributed by atoms with Gasteiger partial charge < -0.3 is 5.11 Å². The molecular formula is C22H19FN4O3. The monoisotopic (exact) mass is 406 g/mol. The predicted octanol–water partition coefficient (Wildman–Crippen LogP) is 2.59. The van der Waals surface area contributed by atoms with Gasteiger partial charge in [0.25, 0.3) is 5.56 Å². The average molecular weight is 406 g/mol. The van der Waals surface area contributed by atoms with E-state index in [0.29, 0.717) is 43.7 Å². The van der Waals surface area contributed by atoms with E-state index in [9.17, 15) is 24.3 Å². The van der Waals surface area contributed by atoms with E-state index in [1.807, 2.05) is 0 Å². The van der Waals surface area contributed by atoms with E-state index in [0.717, 1.165) is 11.8 Å². The summed E-state index contributed by atoms with van der Waals surface area (Å²) in [5.74, 6) is -1.70. The molecule has 0 bridgehead atoms. The van der Waals surface area contributed by atoms with Crippen LogP contribution in [-0.4, -0.2) is 38.4 Å². The number of halogens is 1. The summed E-state index contributed by atoms with van der Waals surface area (Å²) in [5.41, 5.74) is 0.350. The molecule has 30 heavy (non-hydrogen) atoms. The van der Waals surface area contributed by atoms with Crippen molar-refractivity contribution in [1.29, 1.82) is 5.26 Å². The molecule has 4 heterocycles. The van der Waals surface area contributed by atoms with Crippen LogP contribution in [0.3, 0.4) is 0 Å². The van der Waals surface area contributed by atoms with E-state index in [1.54, 1.807) is 30.5 Å². The largest absolute Gasteiger partial charge is 0.477 e. The summed E-state index contributed by atoms with van der Waals surface area (Å²) in [6.45, 7) is 1.63. The van der Waals surface area contributed by atoms with Gasteiger partial charge in [0.2, 0.25) is 0 Å². The van der Waals surface area contributed by atoms with Gasteiger partial charge >= 0.3 is 5.97 Å². The van der Waals surface area contributed by atoms with Gasteiger partial charge in [-0.15, -0.1) is 0 Å². The number of nitrogens with zero attached hydrogens (tertiary/aromatic N) is 4. The van der Waals surface area contributed by atoms with E-state index >= 15 is 0 Å². The maximum absolute atomic E-state index is 13.2. The second-order valence-corrected chi connectivity index (χ2v) is 7.48. The lowest BCUT2D eigenvalue weighted by Gasteiger charge is -2.37. The third kappa shape index (κ3) is 3.44. The fourth-order valence-corrected chi connectivity index (χ4v) is 4.02. The first-order chi connectivity index (χ1) is 14.4. The van der Waals surface area contributed by atoms with Crippen molar-refractivity contribution in [3.05, 3.63) is 81.8 Å². The molecule has 1 N–H and O–H groups in total. The third-order valence-electron chi connectivity index (χ3n) is 5.72.